The van der Waals surface area contributed by atoms with Gasteiger partial charge in [0.05, 0.1) is 43.9 Å². The molecule has 2 aromatic rings. The van der Waals surface area contributed by atoms with Crippen molar-refractivity contribution in [2.75, 3.05) is 27.4 Å². The van der Waals surface area contributed by atoms with Crippen LogP contribution < -0.4 is 5.32 Å². The summed E-state index contributed by atoms with van der Waals surface area (Å²) in [6.07, 6.45) is 8.05. The van der Waals surface area contributed by atoms with Gasteiger partial charge in [0.1, 0.15) is 0 Å². The van der Waals surface area contributed by atoms with Crippen LogP contribution in [-0.4, -0.2) is 60.6 Å². The minimum absolute atomic E-state index is 0.0914. The first-order valence-electron chi connectivity index (χ1n) is 7.68. The van der Waals surface area contributed by atoms with Gasteiger partial charge in [0, 0.05) is 25.6 Å². The average Bonchev–Trinajstić information content (AvgIpc) is 3.18. The largest absolute Gasteiger partial charge is 0.481 e. The smallest absolute Gasteiger partial charge is 0.254 e. The molecule has 0 fully saturated rings. The van der Waals surface area contributed by atoms with Crippen molar-refractivity contribution < 1.29 is 14.3 Å². The number of amidine groups is 1. The van der Waals surface area contributed by atoms with Gasteiger partial charge in [-0.15, -0.1) is 0 Å². The Balaban J connectivity index is 2.01. The molecule has 1 amide bonds. The zero-order valence-corrected chi connectivity index (χ0v) is 14.6. The molecule has 2 heterocycles. The van der Waals surface area contributed by atoms with E-state index >= 15 is 0 Å². The van der Waals surface area contributed by atoms with E-state index in [4.69, 9.17) is 9.47 Å². The molecular weight excluding hydrogens is 336 g/mol. The van der Waals surface area contributed by atoms with Crippen LogP contribution in [0.15, 0.2) is 58.9 Å². The van der Waals surface area contributed by atoms with E-state index in [2.05, 4.69) is 32.1 Å². The van der Waals surface area contributed by atoms with E-state index in [0.29, 0.717) is 23.9 Å². The summed E-state index contributed by atoms with van der Waals surface area (Å²) in [7, 11) is 3.04. The summed E-state index contributed by atoms with van der Waals surface area (Å²) in [6, 6.07) is 3.63. The number of ether oxygens (including phenoxy) is 2. The van der Waals surface area contributed by atoms with Crippen molar-refractivity contribution in [1.82, 2.24) is 20.1 Å². The number of hydrogen-bond acceptors (Lipinski definition) is 6. The van der Waals surface area contributed by atoms with Crippen LogP contribution in [-0.2, 0) is 9.47 Å². The Kier molecular flexibility index (Phi) is 7.19. The second-order valence-corrected chi connectivity index (χ2v) is 4.96. The van der Waals surface area contributed by atoms with E-state index in [1.807, 2.05) is 6.07 Å². The Labute approximate surface area is 151 Å². The predicted octanol–water partition coefficient (Wildman–Crippen LogP) is 1.23. The molecule has 0 aliphatic rings. The molecule has 136 valence electrons. The molecule has 0 unspecified atom stereocenters. The van der Waals surface area contributed by atoms with E-state index < -0.39 is 0 Å². The molecule has 0 aromatic carbocycles. The Morgan fingerprint density at radius 1 is 1.42 bits per heavy atom. The summed E-state index contributed by atoms with van der Waals surface area (Å²) < 4.78 is 11.6. The predicted molar refractivity (Wildman–Crippen MR) is 97.6 cm³/mol. The first-order chi connectivity index (χ1) is 12.7. The molecule has 9 nitrogen and oxygen atoms in total. The first-order valence-corrected chi connectivity index (χ1v) is 7.68. The van der Waals surface area contributed by atoms with Gasteiger partial charge in [0.2, 0.25) is 5.88 Å². The van der Waals surface area contributed by atoms with Crippen molar-refractivity contribution in [3.63, 3.8) is 0 Å². The summed E-state index contributed by atoms with van der Waals surface area (Å²) in [5.41, 5.74) is 1.16. The molecule has 2 aromatic heterocycles. The van der Waals surface area contributed by atoms with Crippen molar-refractivity contribution >= 4 is 18.5 Å². The molecule has 0 atom stereocenters. The third-order valence-corrected chi connectivity index (χ3v) is 3.22. The van der Waals surface area contributed by atoms with Gasteiger partial charge in [0.25, 0.3) is 5.91 Å². The molecule has 0 aliphatic carbocycles. The number of nitrogens with zero attached hydrogens (tertiary/aromatic N) is 5. The van der Waals surface area contributed by atoms with Crippen LogP contribution >= 0.6 is 0 Å². The Morgan fingerprint density at radius 2 is 2.27 bits per heavy atom. The zero-order valence-electron chi connectivity index (χ0n) is 14.6. The molecule has 0 saturated heterocycles. The fraction of sp³-hybridized carbons (Fsp3) is 0.235. The van der Waals surface area contributed by atoms with Crippen LogP contribution in [0.1, 0.15) is 10.4 Å². The van der Waals surface area contributed by atoms with Crippen molar-refractivity contribution in [3.05, 3.63) is 54.4 Å². The van der Waals surface area contributed by atoms with E-state index in [9.17, 15) is 4.79 Å². The minimum Gasteiger partial charge on any atom is -0.481 e. The number of nitrogens with one attached hydrogen (secondary N) is 1. The van der Waals surface area contributed by atoms with Crippen LogP contribution in [0.4, 0.5) is 0 Å². The number of amides is 1. The van der Waals surface area contributed by atoms with E-state index in [1.165, 1.54) is 13.3 Å². The molecule has 0 spiro atoms. The van der Waals surface area contributed by atoms with Gasteiger partial charge in [-0.05, 0) is 18.9 Å². The molecule has 9 heteroatoms. The van der Waals surface area contributed by atoms with Gasteiger partial charge in [-0.3, -0.25) is 9.78 Å². The normalized spacial score (nSPS) is 11.9. The van der Waals surface area contributed by atoms with Crippen LogP contribution in [0.3, 0.4) is 0 Å². The molecule has 0 bridgehead atoms. The monoisotopic (exact) mass is 356 g/mol. The highest BCUT2D eigenvalue weighted by Gasteiger charge is 2.10. The highest BCUT2D eigenvalue weighted by molar-refractivity contribution is 5.98. The maximum atomic E-state index is 12.3. The number of pyridine rings is 1. The third-order valence-electron chi connectivity index (χ3n) is 3.22. The van der Waals surface area contributed by atoms with Gasteiger partial charge in [-0.2, -0.15) is 10.1 Å². The number of carbonyl (C=O) groups excluding carboxylic acids is 1. The van der Waals surface area contributed by atoms with Crippen molar-refractivity contribution in [3.8, 4) is 5.69 Å². The summed E-state index contributed by atoms with van der Waals surface area (Å²) in [6.45, 7) is 3.89. The minimum atomic E-state index is -0.309. The van der Waals surface area contributed by atoms with Crippen molar-refractivity contribution in [2.45, 2.75) is 0 Å². The quantitative estimate of drug-likeness (QED) is 0.435. The lowest BCUT2D eigenvalue weighted by atomic mass is 10.3. The molecule has 1 N–H and O–H groups in total. The lowest BCUT2D eigenvalue weighted by molar-refractivity contribution is 0.0959. The van der Waals surface area contributed by atoms with Crippen LogP contribution in [0.2, 0.25) is 0 Å². The van der Waals surface area contributed by atoms with Crippen LogP contribution in [0.5, 0.6) is 0 Å². The number of carbonyl (C=O) groups is 1. The number of rotatable bonds is 8. The molecule has 0 saturated carbocycles. The number of aliphatic imine (C=N–C) groups is 2. The number of aromatic nitrogens is 3. The maximum Gasteiger partial charge on any atom is 0.254 e. The van der Waals surface area contributed by atoms with Gasteiger partial charge in [-0.25, -0.2) is 9.67 Å². The zero-order chi connectivity index (χ0) is 18.8. The Hall–Kier alpha value is -3.33. The van der Waals surface area contributed by atoms with E-state index in [1.54, 1.807) is 42.5 Å². The summed E-state index contributed by atoms with van der Waals surface area (Å²) >= 11 is 0. The Morgan fingerprint density at radius 3 is 2.92 bits per heavy atom. The molecule has 2 rings (SSSR count). The average molecular weight is 356 g/mol. The van der Waals surface area contributed by atoms with Gasteiger partial charge >= 0.3 is 0 Å². The summed E-state index contributed by atoms with van der Waals surface area (Å²) in [4.78, 5) is 24.3. The molecule has 0 radical (unpaired) electrons. The third kappa shape index (κ3) is 5.35. The molecule has 0 aliphatic heterocycles. The summed E-state index contributed by atoms with van der Waals surface area (Å²) in [5.74, 6) is 0.325. The topological polar surface area (TPSA) is 103 Å². The first kappa shape index (κ1) is 19.0. The van der Waals surface area contributed by atoms with Crippen molar-refractivity contribution in [1.29, 1.82) is 0 Å². The van der Waals surface area contributed by atoms with E-state index in [-0.39, 0.29) is 12.5 Å². The van der Waals surface area contributed by atoms with E-state index in [0.717, 1.165) is 5.69 Å². The van der Waals surface area contributed by atoms with Crippen molar-refractivity contribution in [2.24, 2.45) is 9.98 Å². The molecular formula is C17H20N6O3. The maximum absolute atomic E-state index is 12.3. The molecule has 26 heavy (non-hydrogen) atoms. The summed E-state index contributed by atoms with van der Waals surface area (Å²) in [5, 5.41) is 6.87. The van der Waals surface area contributed by atoms with Gasteiger partial charge < -0.3 is 14.8 Å². The second-order valence-electron chi connectivity index (χ2n) is 4.96. The van der Waals surface area contributed by atoms with Gasteiger partial charge in [0.15, 0.2) is 5.84 Å². The van der Waals surface area contributed by atoms with Crippen LogP contribution in [0.25, 0.3) is 5.69 Å². The number of hydrogen-bond donors (Lipinski definition) is 1. The second kappa shape index (κ2) is 9.84. The lowest BCUT2D eigenvalue weighted by Gasteiger charge is -2.05. The lowest BCUT2D eigenvalue weighted by Crippen LogP contribution is -2.28. The SMILES string of the molecule is C=NC(CNC(=O)c1cnn(-c2cccnc2)c1)=N/C(=C\COC)OC. The highest BCUT2D eigenvalue weighted by Crippen LogP contribution is 2.06. The van der Waals surface area contributed by atoms with Gasteiger partial charge in [-0.1, -0.05) is 0 Å². The Bertz CT molecular complexity index is 798. The fourth-order valence-electron chi connectivity index (χ4n) is 1.92. The number of methoxy groups -OCH3 is 2. The van der Waals surface area contributed by atoms with Crippen LogP contribution in [0, 0.1) is 0 Å². The fourth-order valence-corrected chi connectivity index (χ4v) is 1.92. The highest BCUT2D eigenvalue weighted by atomic mass is 16.5. The standard InChI is InChI=1S/C17H20N6O3/c1-18-15(22-16(26-3)6-8-25-2)11-20-17(24)13-9-21-23(12-13)14-5-4-7-19-10-14/h4-7,9-10,12H,1,8,11H2,2-3H3,(H,20,24)/b16-6+,22-15?.